The molecule has 0 bridgehead atoms. The molecular weight excluding hydrogens is 322 g/mol. The van der Waals surface area contributed by atoms with Crippen LogP contribution in [0, 0.1) is 10.1 Å². The van der Waals surface area contributed by atoms with E-state index in [1.165, 1.54) is 24.3 Å². The van der Waals surface area contributed by atoms with Gasteiger partial charge in [0.05, 0.1) is 21.3 Å². The van der Waals surface area contributed by atoms with Crippen LogP contribution in [0.5, 0.6) is 5.75 Å². The standard InChI is InChI=1S/C15H13NO6S/c17-16(18)14-8-13(6-7-15(14)22-10-11-9-21-11)23(19,20)12-4-2-1-3-5-12/h1-8,11H,9-10H2. The van der Waals surface area contributed by atoms with E-state index in [1.54, 1.807) is 18.2 Å². The second-order valence-corrected chi connectivity index (χ2v) is 6.92. The van der Waals surface area contributed by atoms with E-state index >= 15 is 0 Å². The van der Waals surface area contributed by atoms with Crippen LogP contribution in [0.2, 0.25) is 0 Å². The quantitative estimate of drug-likeness (QED) is 0.456. The second-order valence-electron chi connectivity index (χ2n) is 4.97. The molecule has 120 valence electrons. The van der Waals surface area contributed by atoms with Gasteiger partial charge in [-0.15, -0.1) is 0 Å². The van der Waals surface area contributed by atoms with Gasteiger partial charge in [-0.1, -0.05) is 18.2 Å². The number of nitrogens with zero attached hydrogens (tertiary/aromatic N) is 1. The number of epoxide rings is 1. The molecule has 1 aliphatic rings. The highest BCUT2D eigenvalue weighted by Gasteiger charge is 2.27. The summed E-state index contributed by atoms with van der Waals surface area (Å²) in [4.78, 5) is 10.5. The van der Waals surface area contributed by atoms with E-state index in [0.717, 1.165) is 6.07 Å². The van der Waals surface area contributed by atoms with Gasteiger partial charge >= 0.3 is 5.69 Å². The van der Waals surface area contributed by atoms with Gasteiger partial charge in [-0.2, -0.15) is 0 Å². The van der Waals surface area contributed by atoms with E-state index in [-0.39, 0.29) is 33.9 Å². The predicted molar refractivity (Wildman–Crippen MR) is 80.2 cm³/mol. The number of nitro benzene ring substituents is 1. The van der Waals surface area contributed by atoms with Crippen LogP contribution in [-0.4, -0.2) is 32.7 Å². The summed E-state index contributed by atoms with van der Waals surface area (Å²) < 4.78 is 35.3. The van der Waals surface area contributed by atoms with Gasteiger partial charge in [-0.3, -0.25) is 10.1 Å². The van der Waals surface area contributed by atoms with Gasteiger partial charge in [0.2, 0.25) is 9.84 Å². The van der Waals surface area contributed by atoms with Gasteiger partial charge in [0.25, 0.3) is 0 Å². The first-order valence-electron chi connectivity index (χ1n) is 6.81. The van der Waals surface area contributed by atoms with Crippen molar-refractivity contribution in [2.24, 2.45) is 0 Å². The summed E-state index contributed by atoms with van der Waals surface area (Å²) in [7, 11) is -3.82. The Kier molecular flexibility index (Phi) is 4.01. The SMILES string of the molecule is O=[N+]([O-])c1cc(S(=O)(=O)c2ccccc2)ccc1OCC1CO1. The number of nitro groups is 1. The van der Waals surface area contributed by atoms with Crippen LogP contribution in [0.1, 0.15) is 0 Å². The lowest BCUT2D eigenvalue weighted by atomic mass is 10.3. The Morgan fingerprint density at radius 2 is 1.87 bits per heavy atom. The normalized spacial score (nSPS) is 16.8. The molecule has 1 saturated heterocycles. The van der Waals surface area contributed by atoms with E-state index in [4.69, 9.17) is 9.47 Å². The lowest BCUT2D eigenvalue weighted by Gasteiger charge is -2.08. The molecule has 0 aromatic heterocycles. The van der Waals surface area contributed by atoms with Gasteiger partial charge in [-0.25, -0.2) is 8.42 Å². The Labute approximate surface area is 132 Å². The first-order valence-corrected chi connectivity index (χ1v) is 8.30. The molecule has 1 aliphatic heterocycles. The number of benzene rings is 2. The van der Waals surface area contributed by atoms with Crippen LogP contribution in [0.15, 0.2) is 58.3 Å². The van der Waals surface area contributed by atoms with E-state index in [0.29, 0.717) is 6.61 Å². The lowest BCUT2D eigenvalue weighted by molar-refractivity contribution is -0.386. The Morgan fingerprint density at radius 3 is 2.48 bits per heavy atom. The average molecular weight is 335 g/mol. The number of rotatable bonds is 6. The van der Waals surface area contributed by atoms with Crippen LogP contribution < -0.4 is 4.74 Å². The Bertz CT molecular complexity index is 830. The van der Waals surface area contributed by atoms with E-state index in [2.05, 4.69) is 0 Å². The molecule has 0 radical (unpaired) electrons. The van der Waals surface area contributed by atoms with Gasteiger partial charge in [0.1, 0.15) is 12.7 Å². The van der Waals surface area contributed by atoms with Crippen molar-refractivity contribution in [1.82, 2.24) is 0 Å². The van der Waals surface area contributed by atoms with Gasteiger partial charge in [-0.05, 0) is 24.3 Å². The van der Waals surface area contributed by atoms with E-state index < -0.39 is 14.8 Å². The summed E-state index contributed by atoms with van der Waals surface area (Å²) in [6.07, 6.45) is -0.0534. The zero-order valence-corrected chi connectivity index (χ0v) is 12.7. The van der Waals surface area contributed by atoms with Crippen molar-refractivity contribution in [1.29, 1.82) is 0 Å². The number of hydrogen-bond acceptors (Lipinski definition) is 6. The molecule has 3 rings (SSSR count). The molecule has 0 N–H and O–H groups in total. The van der Waals surface area contributed by atoms with Gasteiger partial charge < -0.3 is 9.47 Å². The van der Waals surface area contributed by atoms with Gasteiger partial charge in [0.15, 0.2) is 5.75 Å². The molecular formula is C15H13NO6S. The maximum Gasteiger partial charge on any atom is 0.312 e. The van der Waals surface area contributed by atoms with E-state index in [9.17, 15) is 18.5 Å². The topological polar surface area (TPSA) is 99.0 Å². The summed E-state index contributed by atoms with van der Waals surface area (Å²) in [6.45, 7) is 0.764. The van der Waals surface area contributed by atoms with Crippen LogP contribution in [0.3, 0.4) is 0 Å². The minimum atomic E-state index is -3.82. The minimum absolute atomic E-state index is 0.0255. The summed E-state index contributed by atoms with van der Waals surface area (Å²) in [6, 6.07) is 11.4. The van der Waals surface area contributed by atoms with Crippen molar-refractivity contribution < 1.29 is 22.8 Å². The Balaban J connectivity index is 1.97. The largest absolute Gasteiger partial charge is 0.484 e. The minimum Gasteiger partial charge on any atom is -0.484 e. The molecule has 1 atom stereocenters. The smallest absolute Gasteiger partial charge is 0.312 e. The summed E-state index contributed by atoms with van der Waals surface area (Å²) in [5, 5.41) is 11.2. The Morgan fingerprint density at radius 1 is 1.17 bits per heavy atom. The van der Waals surface area contributed by atoms with Crippen LogP contribution in [-0.2, 0) is 14.6 Å². The monoisotopic (exact) mass is 335 g/mol. The molecule has 1 heterocycles. The third kappa shape index (κ3) is 3.33. The third-order valence-electron chi connectivity index (χ3n) is 3.32. The molecule has 1 unspecified atom stereocenters. The Hall–Kier alpha value is -2.45. The fraction of sp³-hybridized carbons (Fsp3) is 0.200. The number of ether oxygens (including phenoxy) is 2. The highest BCUT2D eigenvalue weighted by molar-refractivity contribution is 7.91. The molecule has 7 nitrogen and oxygen atoms in total. The van der Waals surface area contributed by atoms with Crippen molar-refractivity contribution >= 4 is 15.5 Å². The third-order valence-corrected chi connectivity index (χ3v) is 5.09. The molecule has 0 amide bonds. The van der Waals surface area contributed by atoms with Crippen LogP contribution >= 0.6 is 0 Å². The molecule has 1 fully saturated rings. The molecule has 0 aliphatic carbocycles. The van der Waals surface area contributed by atoms with Crippen molar-refractivity contribution in [3.63, 3.8) is 0 Å². The summed E-state index contributed by atoms with van der Waals surface area (Å²) >= 11 is 0. The first kappa shape index (κ1) is 15.4. The first-order chi connectivity index (χ1) is 11.0. The maximum absolute atomic E-state index is 12.5. The van der Waals surface area contributed by atoms with Crippen molar-refractivity contribution in [3.05, 3.63) is 58.6 Å². The molecule has 2 aromatic rings. The molecule has 23 heavy (non-hydrogen) atoms. The molecule has 0 saturated carbocycles. The summed E-state index contributed by atoms with van der Waals surface area (Å²) in [5.74, 6) is 0.0255. The molecule has 8 heteroatoms. The number of hydrogen-bond donors (Lipinski definition) is 0. The van der Waals surface area contributed by atoms with Crippen molar-refractivity contribution in [2.45, 2.75) is 15.9 Å². The van der Waals surface area contributed by atoms with E-state index in [1.807, 2.05) is 0 Å². The molecule has 0 spiro atoms. The van der Waals surface area contributed by atoms with Crippen molar-refractivity contribution in [3.8, 4) is 5.75 Å². The number of sulfone groups is 1. The van der Waals surface area contributed by atoms with Crippen molar-refractivity contribution in [2.75, 3.05) is 13.2 Å². The second kappa shape index (κ2) is 5.98. The highest BCUT2D eigenvalue weighted by Crippen LogP contribution is 2.32. The van der Waals surface area contributed by atoms with Crippen LogP contribution in [0.25, 0.3) is 0 Å². The fourth-order valence-electron chi connectivity index (χ4n) is 2.01. The lowest BCUT2D eigenvalue weighted by Crippen LogP contribution is -2.07. The zero-order valence-electron chi connectivity index (χ0n) is 11.9. The highest BCUT2D eigenvalue weighted by atomic mass is 32.2. The fourth-order valence-corrected chi connectivity index (χ4v) is 3.31. The summed E-state index contributed by atoms with van der Waals surface area (Å²) in [5.41, 5.74) is -0.386. The zero-order chi connectivity index (χ0) is 16.4. The maximum atomic E-state index is 12.5. The van der Waals surface area contributed by atoms with Gasteiger partial charge in [0, 0.05) is 6.07 Å². The predicted octanol–water partition coefficient (Wildman–Crippen LogP) is 2.21. The average Bonchev–Trinajstić information content (AvgIpc) is 3.37. The van der Waals surface area contributed by atoms with Crippen LogP contribution in [0.4, 0.5) is 5.69 Å². The molecule has 2 aromatic carbocycles.